The first-order chi connectivity index (χ1) is 14.2. The Morgan fingerprint density at radius 2 is 1.90 bits per heavy atom. The number of hydrogen-bond acceptors (Lipinski definition) is 6. The first-order valence-corrected chi connectivity index (χ1v) is 10.6. The Hall–Kier alpha value is -1.83. The van der Waals surface area contributed by atoms with Gasteiger partial charge in [-0.25, -0.2) is 0 Å². The molecule has 3 N–H and O–H groups in total. The van der Waals surface area contributed by atoms with E-state index in [1.54, 1.807) is 21.3 Å². The summed E-state index contributed by atoms with van der Waals surface area (Å²) in [6.45, 7) is 7.25. The number of aliphatic hydroxyl groups excluding tert-OH is 1. The number of benzene rings is 1. The largest absolute Gasteiger partial charge is 0.493 e. The number of nitrogens with zero attached hydrogens (tertiary/aromatic N) is 1. The van der Waals surface area contributed by atoms with Crippen LogP contribution in [0, 0.1) is 11.8 Å². The minimum absolute atomic E-state index is 0.0853. The number of hydrogen-bond donors (Lipinski definition) is 2. The van der Waals surface area contributed by atoms with Gasteiger partial charge in [-0.3, -0.25) is 4.79 Å². The quantitative estimate of drug-likeness (QED) is 0.446. The highest BCUT2D eigenvalue weighted by molar-refractivity contribution is 5.72. The molecule has 1 amide bonds. The molecule has 30 heavy (non-hydrogen) atoms. The summed E-state index contributed by atoms with van der Waals surface area (Å²) in [5, 5.41) is 10.4. The Labute approximate surface area is 181 Å². The first-order valence-electron chi connectivity index (χ1n) is 10.6. The van der Waals surface area contributed by atoms with Crippen LogP contribution in [-0.2, 0) is 16.0 Å². The first kappa shape index (κ1) is 26.2. The molecule has 0 unspecified atom stereocenters. The van der Waals surface area contributed by atoms with Crippen molar-refractivity contribution in [3.8, 4) is 11.5 Å². The Morgan fingerprint density at radius 3 is 2.47 bits per heavy atom. The van der Waals surface area contributed by atoms with Gasteiger partial charge in [0.2, 0.25) is 5.91 Å². The fraction of sp³-hybridized carbons (Fsp3) is 0.696. The van der Waals surface area contributed by atoms with Crippen LogP contribution in [0.5, 0.6) is 11.5 Å². The molecule has 1 rings (SSSR count). The highest BCUT2D eigenvalue weighted by Crippen LogP contribution is 2.31. The van der Waals surface area contributed by atoms with E-state index in [9.17, 15) is 9.90 Å². The summed E-state index contributed by atoms with van der Waals surface area (Å²) >= 11 is 0. The second-order valence-corrected chi connectivity index (χ2v) is 8.25. The molecular weight excluding hydrogens is 384 g/mol. The third kappa shape index (κ3) is 8.90. The molecule has 0 aliphatic carbocycles. The second-order valence-electron chi connectivity index (χ2n) is 8.25. The zero-order chi connectivity index (χ0) is 22.7. The lowest BCUT2D eigenvalue weighted by atomic mass is 9.83. The van der Waals surface area contributed by atoms with E-state index in [2.05, 4.69) is 13.8 Å². The summed E-state index contributed by atoms with van der Waals surface area (Å²) in [6.07, 6.45) is 1.54. The predicted octanol–water partition coefficient (Wildman–Crippen LogP) is 2.48. The Morgan fingerprint density at radius 1 is 1.20 bits per heavy atom. The van der Waals surface area contributed by atoms with Crippen LogP contribution < -0.4 is 15.2 Å². The summed E-state index contributed by atoms with van der Waals surface area (Å²) in [4.78, 5) is 12.9. The molecule has 0 spiro atoms. The fourth-order valence-corrected chi connectivity index (χ4v) is 3.29. The number of ether oxygens (including phenoxy) is 3. The smallest absolute Gasteiger partial charge is 0.219 e. The zero-order valence-corrected chi connectivity index (χ0v) is 19.4. The van der Waals surface area contributed by atoms with Crippen molar-refractivity contribution in [2.45, 2.75) is 52.2 Å². The maximum Gasteiger partial charge on any atom is 0.219 e. The van der Waals surface area contributed by atoms with Gasteiger partial charge in [0.15, 0.2) is 11.5 Å². The van der Waals surface area contributed by atoms with Gasteiger partial charge in [0.25, 0.3) is 0 Å². The Kier molecular flexibility index (Phi) is 11.8. The highest BCUT2D eigenvalue weighted by Gasteiger charge is 2.24. The van der Waals surface area contributed by atoms with Crippen molar-refractivity contribution in [2.75, 3.05) is 41.0 Å². The van der Waals surface area contributed by atoms with Gasteiger partial charge in [-0.05, 0) is 42.4 Å². The van der Waals surface area contributed by atoms with Crippen molar-refractivity contribution >= 4 is 5.91 Å². The lowest BCUT2D eigenvalue weighted by molar-refractivity contribution is -0.129. The molecule has 0 heterocycles. The number of carbonyl (C=O) groups is 1. The number of amides is 1. The van der Waals surface area contributed by atoms with E-state index in [0.717, 1.165) is 24.2 Å². The molecule has 0 saturated heterocycles. The number of likely N-dealkylation sites (N-methyl/N-ethyl adjacent to an activating group) is 1. The monoisotopic (exact) mass is 424 g/mol. The number of nitrogens with two attached hydrogens (primary N) is 1. The summed E-state index contributed by atoms with van der Waals surface area (Å²) < 4.78 is 16.4. The van der Waals surface area contributed by atoms with Gasteiger partial charge in [0.05, 0.1) is 19.8 Å². The molecule has 0 aliphatic rings. The molecular formula is C23H40N2O5. The maximum atomic E-state index is 11.4. The summed E-state index contributed by atoms with van der Waals surface area (Å²) in [5.41, 5.74) is 7.42. The second kappa shape index (κ2) is 13.5. The molecule has 3 atom stereocenters. The Bertz CT molecular complexity index is 638. The summed E-state index contributed by atoms with van der Waals surface area (Å²) in [7, 11) is 4.98. The van der Waals surface area contributed by atoms with Crippen LogP contribution in [0.1, 0.15) is 39.2 Å². The molecule has 172 valence electrons. The number of rotatable bonds is 14. The van der Waals surface area contributed by atoms with E-state index in [-0.39, 0.29) is 18.4 Å². The summed E-state index contributed by atoms with van der Waals surface area (Å²) in [5.74, 6) is 2.02. The van der Waals surface area contributed by atoms with Crippen LogP contribution >= 0.6 is 0 Å². The van der Waals surface area contributed by atoms with E-state index in [1.165, 1.54) is 11.8 Å². The average Bonchev–Trinajstić information content (AvgIpc) is 2.70. The van der Waals surface area contributed by atoms with Crippen LogP contribution in [0.15, 0.2) is 18.2 Å². The molecule has 7 nitrogen and oxygen atoms in total. The minimum Gasteiger partial charge on any atom is -0.493 e. The SMILES string of the molecule is COCCCOc1cc(C[C@@H](C[C@H](N)[C@@H](O)CN(C)C(C)=O)C(C)C)ccc1OC. The van der Waals surface area contributed by atoms with E-state index in [1.807, 2.05) is 18.2 Å². The van der Waals surface area contributed by atoms with E-state index < -0.39 is 12.1 Å². The zero-order valence-electron chi connectivity index (χ0n) is 19.4. The third-order valence-electron chi connectivity index (χ3n) is 5.49. The molecule has 1 aromatic carbocycles. The van der Waals surface area contributed by atoms with Gasteiger partial charge >= 0.3 is 0 Å². The normalized spacial score (nSPS) is 14.3. The van der Waals surface area contributed by atoms with Crippen LogP contribution in [0.3, 0.4) is 0 Å². The van der Waals surface area contributed by atoms with Crippen molar-refractivity contribution in [1.29, 1.82) is 0 Å². The minimum atomic E-state index is -0.754. The number of methoxy groups -OCH3 is 2. The van der Waals surface area contributed by atoms with Gasteiger partial charge < -0.3 is 30.0 Å². The van der Waals surface area contributed by atoms with Crippen molar-refractivity contribution in [3.05, 3.63) is 23.8 Å². The van der Waals surface area contributed by atoms with Gasteiger partial charge in [0.1, 0.15) is 0 Å². The molecule has 0 bridgehead atoms. The lowest BCUT2D eigenvalue weighted by Gasteiger charge is -2.29. The standard InChI is InChI=1S/C23H40N2O5/c1-16(2)19(14-20(24)21(27)15-25(4)17(3)26)12-18-8-9-22(29-6)23(13-18)30-11-7-10-28-5/h8-9,13,16,19-21,27H,7,10-12,14-15,24H2,1-6H3/t19-,20-,21-/m0/s1. The highest BCUT2D eigenvalue weighted by atomic mass is 16.5. The van der Waals surface area contributed by atoms with Crippen molar-refractivity contribution < 1.29 is 24.1 Å². The molecule has 7 heteroatoms. The van der Waals surface area contributed by atoms with Gasteiger partial charge in [-0.2, -0.15) is 0 Å². The van der Waals surface area contributed by atoms with Crippen LogP contribution in [-0.4, -0.2) is 69.1 Å². The molecule has 0 saturated carbocycles. The summed E-state index contributed by atoms with van der Waals surface area (Å²) in [6, 6.07) is 5.59. The molecule has 0 radical (unpaired) electrons. The van der Waals surface area contributed by atoms with Crippen molar-refractivity contribution in [2.24, 2.45) is 17.6 Å². The number of aliphatic hydroxyl groups is 1. The molecule has 0 aliphatic heterocycles. The van der Waals surface area contributed by atoms with Gasteiger partial charge in [-0.15, -0.1) is 0 Å². The third-order valence-corrected chi connectivity index (χ3v) is 5.49. The molecule has 1 aromatic rings. The molecule has 0 fully saturated rings. The fourth-order valence-electron chi connectivity index (χ4n) is 3.29. The van der Waals surface area contributed by atoms with Crippen LogP contribution in [0.2, 0.25) is 0 Å². The average molecular weight is 425 g/mol. The van der Waals surface area contributed by atoms with Gasteiger partial charge in [0, 0.05) is 46.7 Å². The Balaban J connectivity index is 2.80. The van der Waals surface area contributed by atoms with Crippen molar-refractivity contribution in [3.63, 3.8) is 0 Å². The van der Waals surface area contributed by atoms with Crippen LogP contribution in [0.4, 0.5) is 0 Å². The predicted molar refractivity (Wildman–Crippen MR) is 119 cm³/mol. The van der Waals surface area contributed by atoms with Crippen molar-refractivity contribution in [1.82, 2.24) is 4.90 Å². The van der Waals surface area contributed by atoms with E-state index in [0.29, 0.717) is 31.3 Å². The van der Waals surface area contributed by atoms with Gasteiger partial charge in [-0.1, -0.05) is 19.9 Å². The van der Waals surface area contributed by atoms with E-state index >= 15 is 0 Å². The van der Waals surface area contributed by atoms with E-state index in [4.69, 9.17) is 19.9 Å². The maximum absolute atomic E-state index is 11.4. The topological polar surface area (TPSA) is 94.3 Å². The number of carbonyl (C=O) groups excluding carboxylic acids is 1. The molecule has 0 aromatic heterocycles. The lowest BCUT2D eigenvalue weighted by Crippen LogP contribution is -2.45. The van der Waals surface area contributed by atoms with Crippen LogP contribution in [0.25, 0.3) is 0 Å².